The second-order valence-corrected chi connectivity index (χ2v) is 4.87. The van der Waals surface area contributed by atoms with Gasteiger partial charge in [-0.15, -0.1) is 0 Å². The van der Waals surface area contributed by atoms with E-state index in [0.29, 0.717) is 13.1 Å². The second-order valence-electron chi connectivity index (χ2n) is 4.87. The molecule has 0 aliphatic carbocycles. The highest BCUT2D eigenvalue weighted by Crippen LogP contribution is 2.26. The van der Waals surface area contributed by atoms with Crippen LogP contribution in [0.3, 0.4) is 0 Å². The number of nitrogens with zero attached hydrogens (tertiary/aromatic N) is 1. The molecule has 4 atom stereocenters. The molecule has 0 saturated carbocycles. The Morgan fingerprint density at radius 2 is 1.89 bits per heavy atom. The first-order valence-electron chi connectivity index (χ1n) is 6.09. The molecule has 7 nitrogen and oxygen atoms in total. The average Bonchev–Trinajstić information content (AvgIpc) is 2.63. The topological polar surface area (TPSA) is 99.1 Å². The number of urea groups is 1. The molecule has 0 aromatic heterocycles. The molecule has 3 N–H and O–H groups in total. The third-order valence-corrected chi connectivity index (χ3v) is 3.36. The van der Waals surface area contributed by atoms with E-state index in [1.807, 2.05) is 0 Å². The first kappa shape index (κ1) is 13.1. The molecule has 18 heavy (non-hydrogen) atoms. The Bertz CT molecular complexity index is 334. The summed E-state index contributed by atoms with van der Waals surface area (Å²) in [7, 11) is 0. The van der Waals surface area contributed by atoms with E-state index in [0.717, 1.165) is 12.8 Å². The Labute approximate surface area is 105 Å². The van der Waals surface area contributed by atoms with Crippen molar-refractivity contribution in [3.05, 3.63) is 0 Å². The van der Waals surface area contributed by atoms with E-state index >= 15 is 0 Å². The fourth-order valence-electron chi connectivity index (χ4n) is 2.39. The molecule has 2 fully saturated rings. The van der Waals surface area contributed by atoms with E-state index in [9.17, 15) is 14.7 Å². The minimum absolute atomic E-state index is 0.0596. The van der Waals surface area contributed by atoms with Crippen LogP contribution < -0.4 is 5.32 Å². The highest BCUT2D eigenvalue weighted by Gasteiger charge is 2.37. The molecule has 4 unspecified atom stereocenters. The van der Waals surface area contributed by atoms with Crippen LogP contribution in [-0.2, 0) is 9.53 Å². The smallest absolute Gasteiger partial charge is 0.328 e. The fraction of sp³-hybridized carbons (Fsp3) is 0.818. The zero-order chi connectivity index (χ0) is 13.3. The number of hydrogen-bond donors (Lipinski definition) is 3. The molecule has 2 heterocycles. The van der Waals surface area contributed by atoms with Crippen LogP contribution in [0.5, 0.6) is 0 Å². The Kier molecular flexibility index (Phi) is 3.72. The minimum atomic E-state index is -1.28. The van der Waals surface area contributed by atoms with Gasteiger partial charge in [0, 0.05) is 13.1 Å². The summed E-state index contributed by atoms with van der Waals surface area (Å²) in [5.74, 6) is -1.24. The summed E-state index contributed by atoms with van der Waals surface area (Å²) in [6, 6.07) is -1.73. The lowest BCUT2D eigenvalue weighted by Gasteiger charge is -2.33. The lowest BCUT2D eigenvalue weighted by Crippen LogP contribution is -2.56. The van der Waals surface area contributed by atoms with E-state index < -0.39 is 24.1 Å². The zero-order valence-electron chi connectivity index (χ0n) is 10.2. The van der Waals surface area contributed by atoms with Crippen molar-refractivity contribution < 1.29 is 24.5 Å². The number of amides is 2. The van der Waals surface area contributed by atoms with Crippen LogP contribution in [0.25, 0.3) is 0 Å². The third-order valence-electron chi connectivity index (χ3n) is 3.36. The van der Waals surface area contributed by atoms with Gasteiger partial charge in [-0.25, -0.2) is 9.59 Å². The van der Waals surface area contributed by atoms with Gasteiger partial charge in [-0.1, -0.05) is 0 Å². The Balaban J connectivity index is 1.93. The quantitative estimate of drug-likeness (QED) is 0.627. The van der Waals surface area contributed by atoms with Gasteiger partial charge in [0.15, 0.2) is 6.04 Å². The maximum Gasteiger partial charge on any atom is 0.328 e. The summed E-state index contributed by atoms with van der Waals surface area (Å²) in [6.07, 6.45) is 0.860. The van der Waals surface area contributed by atoms with Gasteiger partial charge in [0.25, 0.3) is 0 Å². The molecule has 2 rings (SSSR count). The molecule has 2 bridgehead atoms. The molecule has 7 heteroatoms. The molecular formula is C11H18N2O5. The zero-order valence-corrected chi connectivity index (χ0v) is 10.2. The number of carbonyl (C=O) groups excluding carboxylic acids is 1. The van der Waals surface area contributed by atoms with Gasteiger partial charge in [-0.05, 0) is 19.8 Å². The number of carboxylic acid groups (broad SMARTS) is 1. The summed E-state index contributed by atoms with van der Waals surface area (Å²) in [4.78, 5) is 24.4. The van der Waals surface area contributed by atoms with Crippen LogP contribution in [0.4, 0.5) is 4.79 Å². The highest BCUT2D eigenvalue weighted by molar-refractivity contribution is 5.83. The van der Waals surface area contributed by atoms with Crippen LogP contribution in [-0.4, -0.2) is 64.6 Å². The van der Waals surface area contributed by atoms with Crippen LogP contribution in [0.2, 0.25) is 0 Å². The molecule has 2 aliphatic rings. The first-order valence-corrected chi connectivity index (χ1v) is 6.09. The van der Waals surface area contributed by atoms with Crippen LogP contribution in [0.1, 0.15) is 19.8 Å². The van der Waals surface area contributed by atoms with Crippen LogP contribution >= 0.6 is 0 Å². The molecule has 0 spiro atoms. The maximum absolute atomic E-state index is 11.9. The predicted octanol–water partition coefficient (Wildman–Crippen LogP) is -0.607. The Morgan fingerprint density at radius 3 is 2.33 bits per heavy atom. The summed E-state index contributed by atoms with van der Waals surface area (Å²) in [6.45, 7) is 2.30. The summed E-state index contributed by atoms with van der Waals surface area (Å²) >= 11 is 0. The molecular weight excluding hydrogens is 240 g/mol. The number of nitrogens with one attached hydrogen (secondary N) is 1. The number of morpholine rings is 1. The summed E-state index contributed by atoms with van der Waals surface area (Å²) in [5.41, 5.74) is 0. The number of carboxylic acids is 1. The Morgan fingerprint density at radius 1 is 1.33 bits per heavy atom. The number of rotatable bonds is 3. The molecule has 2 saturated heterocycles. The van der Waals surface area contributed by atoms with Crippen molar-refractivity contribution in [2.75, 3.05) is 13.1 Å². The Hall–Kier alpha value is -1.34. The molecule has 102 valence electrons. The third kappa shape index (κ3) is 2.73. The van der Waals surface area contributed by atoms with E-state index in [-0.39, 0.29) is 12.2 Å². The number of fused-ring (bicyclic) bond motifs is 2. The SMILES string of the molecule is CC(O)C(NC(=O)N1CC2CCC(C1)O2)C(=O)O. The largest absolute Gasteiger partial charge is 0.480 e. The van der Waals surface area contributed by atoms with Crippen molar-refractivity contribution >= 4 is 12.0 Å². The predicted molar refractivity (Wildman–Crippen MR) is 61.1 cm³/mol. The van der Waals surface area contributed by atoms with Gasteiger partial charge in [-0.3, -0.25) is 0 Å². The number of aliphatic hydroxyl groups excluding tert-OH is 1. The number of likely N-dealkylation sites (tertiary alicyclic amines) is 1. The summed E-state index contributed by atoms with van der Waals surface area (Å²) < 4.78 is 5.59. The number of aliphatic carboxylic acids is 1. The van der Waals surface area contributed by atoms with Crippen molar-refractivity contribution in [2.24, 2.45) is 0 Å². The lowest BCUT2D eigenvalue weighted by atomic mass is 10.2. The van der Waals surface area contributed by atoms with Crippen LogP contribution in [0, 0.1) is 0 Å². The molecule has 2 aliphatic heterocycles. The van der Waals surface area contributed by atoms with Gasteiger partial charge >= 0.3 is 12.0 Å². The molecule has 0 radical (unpaired) electrons. The fourth-order valence-corrected chi connectivity index (χ4v) is 2.39. The van der Waals surface area contributed by atoms with E-state index in [2.05, 4.69) is 5.32 Å². The van der Waals surface area contributed by atoms with Gasteiger partial charge in [0.1, 0.15) is 0 Å². The monoisotopic (exact) mass is 258 g/mol. The van der Waals surface area contributed by atoms with Crippen molar-refractivity contribution in [2.45, 2.75) is 44.1 Å². The van der Waals surface area contributed by atoms with Gasteiger partial charge in [0.05, 0.1) is 18.3 Å². The van der Waals surface area contributed by atoms with Crippen LogP contribution in [0.15, 0.2) is 0 Å². The summed E-state index contributed by atoms with van der Waals surface area (Å²) in [5, 5.41) is 20.5. The average molecular weight is 258 g/mol. The normalized spacial score (nSPS) is 29.8. The highest BCUT2D eigenvalue weighted by atomic mass is 16.5. The molecule has 0 aromatic carbocycles. The van der Waals surface area contributed by atoms with Gasteiger partial charge in [0.2, 0.25) is 0 Å². The molecule has 0 aromatic rings. The van der Waals surface area contributed by atoms with Crippen molar-refractivity contribution in [1.82, 2.24) is 10.2 Å². The van der Waals surface area contributed by atoms with Gasteiger partial charge in [-0.2, -0.15) is 0 Å². The van der Waals surface area contributed by atoms with E-state index in [1.165, 1.54) is 6.92 Å². The minimum Gasteiger partial charge on any atom is -0.480 e. The number of hydrogen-bond acceptors (Lipinski definition) is 4. The van der Waals surface area contributed by atoms with E-state index in [1.54, 1.807) is 4.90 Å². The second kappa shape index (κ2) is 5.11. The van der Waals surface area contributed by atoms with Crippen molar-refractivity contribution in [3.8, 4) is 0 Å². The number of carbonyl (C=O) groups is 2. The van der Waals surface area contributed by atoms with Crippen molar-refractivity contribution in [3.63, 3.8) is 0 Å². The first-order chi connectivity index (χ1) is 8.47. The maximum atomic E-state index is 11.9. The molecule has 2 amide bonds. The van der Waals surface area contributed by atoms with Gasteiger partial charge < -0.3 is 25.2 Å². The number of aliphatic hydroxyl groups is 1. The van der Waals surface area contributed by atoms with E-state index in [4.69, 9.17) is 9.84 Å². The standard InChI is InChI=1S/C11H18N2O5/c1-6(14)9(10(15)16)12-11(17)13-4-7-2-3-8(5-13)18-7/h6-9,14H,2-5H2,1H3,(H,12,17)(H,15,16). The lowest BCUT2D eigenvalue weighted by molar-refractivity contribution is -0.141. The number of ether oxygens (including phenoxy) is 1. The van der Waals surface area contributed by atoms with Crippen molar-refractivity contribution in [1.29, 1.82) is 0 Å².